The standard InChI is InChI=1S/C17H20N4O4/c1-9-5-10(7-11(6-9)15(23)25-17(2,3)4)14(22)20-12-8-19-16(24)21-13(12)18/h5-8H,1-4H3,(H,20,22)(H3,18,19,21,24). The molecule has 0 aliphatic rings. The van der Waals surface area contributed by atoms with Crippen molar-refractivity contribution in [2.45, 2.75) is 33.3 Å². The molecule has 2 aromatic rings. The van der Waals surface area contributed by atoms with E-state index >= 15 is 0 Å². The molecule has 0 unspecified atom stereocenters. The Balaban J connectivity index is 2.28. The van der Waals surface area contributed by atoms with E-state index in [0.717, 1.165) is 11.8 Å². The van der Waals surface area contributed by atoms with Crippen molar-refractivity contribution in [3.63, 3.8) is 0 Å². The lowest BCUT2D eigenvalue weighted by Crippen LogP contribution is -2.24. The van der Waals surface area contributed by atoms with Crippen molar-refractivity contribution in [3.05, 3.63) is 51.6 Å². The maximum absolute atomic E-state index is 12.4. The molecule has 1 aromatic heterocycles. The highest BCUT2D eigenvalue weighted by Gasteiger charge is 2.20. The van der Waals surface area contributed by atoms with Crippen LogP contribution in [0.1, 0.15) is 47.1 Å². The molecule has 0 bridgehead atoms. The summed E-state index contributed by atoms with van der Waals surface area (Å²) in [5.74, 6) is -1.02. The monoisotopic (exact) mass is 344 g/mol. The highest BCUT2D eigenvalue weighted by molar-refractivity contribution is 6.06. The predicted molar refractivity (Wildman–Crippen MR) is 93.6 cm³/mol. The second kappa shape index (κ2) is 6.76. The van der Waals surface area contributed by atoms with Gasteiger partial charge in [0.05, 0.1) is 11.8 Å². The minimum absolute atomic E-state index is 0.00614. The van der Waals surface area contributed by atoms with E-state index < -0.39 is 23.2 Å². The van der Waals surface area contributed by atoms with Crippen molar-refractivity contribution in [2.75, 3.05) is 11.1 Å². The van der Waals surface area contributed by atoms with Gasteiger partial charge in [0.15, 0.2) is 0 Å². The number of esters is 1. The van der Waals surface area contributed by atoms with Crippen LogP contribution in [-0.2, 0) is 4.74 Å². The summed E-state index contributed by atoms with van der Waals surface area (Å²) >= 11 is 0. The van der Waals surface area contributed by atoms with Gasteiger partial charge in [-0.15, -0.1) is 0 Å². The van der Waals surface area contributed by atoms with E-state index in [1.54, 1.807) is 39.8 Å². The minimum Gasteiger partial charge on any atom is -0.456 e. The van der Waals surface area contributed by atoms with Crippen LogP contribution < -0.4 is 16.7 Å². The fourth-order valence-corrected chi connectivity index (χ4v) is 2.07. The van der Waals surface area contributed by atoms with Gasteiger partial charge >= 0.3 is 11.7 Å². The molecule has 0 fully saturated rings. The first-order valence-electron chi connectivity index (χ1n) is 7.56. The van der Waals surface area contributed by atoms with Gasteiger partial charge in [0.1, 0.15) is 17.1 Å². The molecule has 1 heterocycles. The smallest absolute Gasteiger partial charge is 0.346 e. The Bertz CT molecular complexity index is 881. The van der Waals surface area contributed by atoms with E-state index in [0.29, 0.717) is 0 Å². The Morgan fingerprint density at radius 1 is 1.20 bits per heavy atom. The molecule has 0 spiro atoms. The molecule has 0 aliphatic carbocycles. The third-order valence-electron chi connectivity index (χ3n) is 3.07. The molecule has 25 heavy (non-hydrogen) atoms. The number of carbonyl (C=O) groups excluding carboxylic acids is 2. The number of amides is 1. The van der Waals surface area contributed by atoms with Gasteiger partial charge in [-0.2, -0.15) is 4.98 Å². The first kappa shape index (κ1) is 18.2. The van der Waals surface area contributed by atoms with Crippen molar-refractivity contribution in [3.8, 4) is 0 Å². The Hall–Kier alpha value is -3.16. The maximum atomic E-state index is 12.4. The Kier molecular flexibility index (Phi) is 4.92. The largest absolute Gasteiger partial charge is 0.456 e. The summed E-state index contributed by atoms with van der Waals surface area (Å²) in [5.41, 5.74) is 5.81. The number of ether oxygens (including phenoxy) is 1. The number of nitrogen functional groups attached to an aromatic ring is 1. The van der Waals surface area contributed by atoms with Gasteiger partial charge in [-0.25, -0.2) is 9.59 Å². The van der Waals surface area contributed by atoms with E-state index in [9.17, 15) is 14.4 Å². The zero-order chi connectivity index (χ0) is 18.8. The number of anilines is 2. The molecule has 2 rings (SSSR count). The fourth-order valence-electron chi connectivity index (χ4n) is 2.07. The first-order chi connectivity index (χ1) is 11.5. The van der Waals surface area contributed by atoms with Gasteiger partial charge in [-0.05, 0) is 51.5 Å². The van der Waals surface area contributed by atoms with Crippen LogP contribution in [0.5, 0.6) is 0 Å². The topological polar surface area (TPSA) is 127 Å². The normalized spacial score (nSPS) is 11.0. The molecular weight excluding hydrogens is 324 g/mol. The summed E-state index contributed by atoms with van der Waals surface area (Å²) in [6.07, 6.45) is 1.16. The van der Waals surface area contributed by atoms with Crippen molar-refractivity contribution in [2.24, 2.45) is 0 Å². The van der Waals surface area contributed by atoms with Crippen LogP contribution in [-0.4, -0.2) is 27.4 Å². The molecule has 1 amide bonds. The van der Waals surface area contributed by atoms with Gasteiger partial charge < -0.3 is 15.8 Å². The van der Waals surface area contributed by atoms with Crippen molar-refractivity contribution in [1.82, 2.24) is 9.97 Å². The van der Waals surface area contributed by atoms with E-state index in [-0.39, 0.29) is 22.6 Å². The molecule has 1 aromatic carbocycles. The number of nitrogens with zero attached hydrogens (tertiary/aromatic N) is 1. The average molecular weight is 344 g/mol. The van der Waals surface area contributed by atoms with Crippen LogP contribution in [0.4, 0.5) is 11.5 Å². The molecule has 0 saturated heterocycles. The zero-order valence-corrected chi connectivity index (χ0v) is 14.5. The van der Waals surface area contributed by atoms with Crippen LogP contribution in [0.15, 0.2) is 29.2 Å². The zero-order valence-electron chi connectivity index (χ0n) is 14.5. The Morgan fingerprint density at radius 2 is 1.84 bits per heavy atom. The number of carbonyl (C=O) groups is 2. The summed E-state index contributed by atoms with van der Waals surface area (Å²) in [4.78, 5) is 41.5. The van der Waals surface area contributed by atoms with Crippen LogP contribution in [0, 0.1) is 6.92 Å². The molecular formula is C17H20N4O4. The Morgan fingerprint density at radius 3 is 2.44 bits per heavy atom. The molecule has 0 radical (unpaired) electrons. The van der Waals surface area contributed by atoms with Crippen molar-refractivity contribution in [1.29, 1.82) is 0 Å². The van der Waals surface area contributed by atoms with Gasteiger partial charge in [0, 0.05) is 5.56 Å². The number of hydrogen-bond acceptors (Lipinski definition) is 6. The lowest BCUT2D eigenvalue weighted by molar-refractivity contribution is 0.00694. The lowest BCUT2D eigenvalue weighted by atomic mass is 10.1. The Labute approximate surface area is 144 Å². The number of rotatable bonds is 3. The number of aromatic nitrogens is 2. The summed E-state index contributed by atoms with van der Waals surface area (Å²) in [6.45, 7) is 7.06. The van der Waals surface area contributed by atoms with Crippen LogP contribution in [0.25, 0.3) is 0 Å². The SMILES string of the molecule is Cc1cc(C(=O)Nc2cnc(=O)[nH]c2N)cc(C(=O)OC(C)(C)C)c1. The minimum atomic E-state index is -0.640. The lowest BCUT2D eigenvalue weighted by Gasteiger charge is -2.19. The summed E-state index contributed by atoms with van der Waals surface area (Å²) < 4.78 is 5.32. The van der Waals surface area contributed by atoms with Crippen molar-refractivity contribution >= 4 is 23.4 Å². The van der Waals surface area contributed by atoms with E-state index in [1.807, 2.05) is 0 Å². The number of nitrogens with two attached hydrogens (primary N) is 1. The van der Waals surface area contributed by atoms with E-state index in [2.05, 4.69) is 15.3 Å². The number of aryl methyl sites for hydroxylation is 1. The quantitative estimate of drug-likeness (QED) is 0.729. The molecule has 0 saturated carbocycles. The number of H-pyrrole nitrogens is 1. The molecule has 4 N–H and O–H groups in total. The second-order valence-electron chi connectivity index (χ2n) is 6.56. The third kappa shape index (κ3) is 4.90. The summed E-state index contributed by atoms with van der Waals surface area (Å²) in [6, 6.07) is 4.70. The number of hydrogen-bond donors (Lipinski definition) is 3. The van der Waals surface area contributed by atoms with Crippen molar-refractivity contribution < 1.29 is 14.3 Å². The van der Waals surface area contributed by atoms with E-state index in [4.69, 9.17) is 10.5 Å². The number of benzene rings is 1. The number of nitrogens with one attached hydrogen (secondary N) is 2. The highest BCUT2D eigenvalue weighted by atomic mass is 16.6. The van der Waals surface area contributed by atoms with E-state index in [1.165, 1.54) is 6.07 Å². The molecule has 132 valence electrons. The molecule has 0 aliphatic heterocycles. The van der Waals surface area contributed by atoms with Gasteiger partial charge in [-0.3, -0.25) is 9.78 Å². The predicted octanol–water partition coefficient (Wildman–Crippen LogP) is 1.87. The van der Waals surface area contributed by atoms with Gasteiger partial charge in [-0.1, -0.05) is 0 Å². The highest BCUT2D eigenvalue weighted by Crippen LogP contribution is 2.18. The second-order valence-corrected chi connectivity index (χ2v) is 6.56. The van der Waals surface area contributed by atoms with Crippen LogP contribution >= 0.6 is 0 Å². The van der Waals surface area contributed by atoms with Crippen LogP contribution in [0.3, 0.4) is 0 Å². The number of aromatic amines is 1. The van der Waals surface area contributed by atoms with Crippen LogP contribution in [0.2, 0.25) is 0 Å². The summed E-state index contributed by atoms with van der Waals surface area (Å²) in [7, 11) is 0. The average Bonchev–Trinajstić information content (AvgIpc) is 2.47. The third-order valence-corrected chi connectivity index (χ3v) is 3.07. The molecule has 8 heteroatoms. The maximum Gasteiger partial charge on any atom is 0.346 e. The first-order valence-corrected chi connectivity index (χ1v) is 7.56. The van der Waals surface area contributed by atoms with Gasteiger partial charge in [0.25, 0.3) is 5.91 Å². The molecule has 8 nitrogen and oxygen atoms in total. The van der Waals surface area contributed by atoms with Gasteiger partial charge in [0.2, 0.25) is 0 Å². The summed E-state index contributed by atoms with van der Waals surface area (Å²) in [5, 5.41) is 2.55. The fraction of sp³-hybridized carbons (Fsp3) is 0.294. The molecule has 0 atom stereocenters.